The summed E-state index contributed by atoms with van der Waals surface area (Å²) in [5.41, 5.74) is 0.660. The topological polar surface area (TPSA) is 65.1 Å². The molecule has 0 unspecified atom stereocenters. The van der Waals surface area contributed by atoms with E-state index in [1.54, 1.807) is 18.2 Å². The zero-order valence-corrected chi connectivity index (χ0v) is 14.2. The third kappa shape index (κ3) is 3.35. The van der Waals surface area contributed by atoms with Crippen LogP contribution >= 0.6 is 0 Å². The van der Waals surface area contributed by atoms with Crippen LogP contribution in [0.25, 0.3) is 0 Å². The number of ketones is 1. The van der Waals surface area contributed by atoms with E-state index in [2.05, 4.69) is 0 Å². The number of Topliss-reactive ketones (excluding diaryl/α,β-unsaturated/α-hetero) is 1. The van der Waals surface area contributed by atoms with Gasteiger partial charge in [0, 0.05) is 31.2 Å². The number of piperidine rings is 1. The Balaban J connectivity index is 1.37. The van der Waals surface area contributed by atoms with E-state index < -0.39 is 0 Å². The van der Waals surface area contributed by atoms with Crippen LogP contribution in [-0.2, 0) is 9.53 Å². The summed E-state index contributed by atoms with van der Waals surface area (Å²) in [5.74, 6) is 1.50. The van der Waals surface area contributed by atoms with Gasteiger partial charge in [-0.15, -0.1) is 0 Å². The van der Waals surface area contributed by atoms with Crippen molar-refractivity contribution in [1.29, 1.82) is 0 Å². The minimum atomic E-state index is -0.273. The molecule has 3 aliphatic heterocycles. The molecular formula is C19H23NO5. The van der Waals surface area contributed by atoms with Gasteiger partial charge in [-0.05, 0) is 43.9 Å². The maximum atomic E-state index is 12.8. The van der Waals surface area contributed by atoms with Gasteiger partial charge in [0.15, 0.2) is 17.3 Å². The number of nitrogens with zero attached hydrogens (tertiary/aromatic N) is 1. The molecule has 25 heavy (non-hydrogen) atoms. The summed E-state index contributed by atoms with van der Waals surface area (Å²) in [6.07, 6.45) is 2.90. The molecule has 6 nitrogen and oxygen atoms in total. The summed E-state index contributed by atoms with van der Waals surface area (Å²) in [6.45, 7) is 2.97. The van der Waals surface area contributed by atoms with Crippen molar-refractivity contribution in [1.82, 2.24) is 4.90 Å². The van der Waals surface area contributed by atoms with Crippen molar-refractivity contribution in [3.05, 3.63) is 23.8 Å². The zero-order chi connectivity index (χ0) is 17.2. The standard InChI is InChI=1S/C19H23NO5/c21-18(14-3-4-15-17(12-14)25-11-10-24-15)13-5-7-20(8-6-13)19(22)16-2-1-9-23-16/h3-4,12-13,16H,1-2,5-11H2/t16-/m1/s1. The first-order valence-electron chi connectivity index (χ1n) is 9.06. The summed E-state index contributed by atoms with van der Waals surface area (Å²) in [5, 5.41) is 0. The van der Waals surface area contributed by atoms with Gasteiger partial charge < -0.3 is 19.1 Å². The molecule has 1 amide bonds. The quantitative estimate of drug-likeness (QED) is 0.785. The first-order valence-corrected chi connectivity index (χ1v) is 9.06. The molecular weight excluding hydrogens is 322 g/mol. The normalized spacial score (nSPS) is 23.5. The molecule has 0 N–H and O–H groups in total. The summed E-state index contributed by atoms with van der Waals surface area (Å²) < 4.78 is 16.5. The van der Waals surface area contributed by atoms with Gasteiger partial charge >= 0.3 is 0 Å². The number of ether oxygens (including phenoxy) is 3. The lowest BCUT2D eigenvalue weighted by Crippen LogP contribution is -2.44. The van der Waals surface area contributed by atoms with Gasteiger partial charge in [0.25, 0.3) is 5.91 Å². The lowest BCUT2D eigenvalue weighted by atomic mass is 9.88. The lowest BCUT2D eigenvalue weighted by molar-refractivity contribution is -0.142. The summed E-state index contributed by atoms with van der Waals surface area (Å²) in [7, 11) is 0. The van der Waals surface area contributed by atoms with E-state index in [1.807, 2.05) is 4.90 Å². The first-order chi connectivity index (χ1) is 12.2. The number of carbonyl (C=O) groups is 2. The van der Waals surface area contributed by atoms with Crippen molar-refractivity contribution in [3.63, 3.8) is 0 Å². The Labute approximate surface area is 147 Å². The first kappa shape index (κ1) is 16.4. The molecule has 4 rings (SSSR count). The van der Waals surface area contributed by atoms with Crippen molar-refractivity contribution in [3.8, 4) is 11.5 Å². The molecule has 2 fully saturated rings. The van der Waals surface area contributed by atoms with E-state index in [0.29, 0.717) is 62.8 Å². The number of carbonyl (C=O) groups excluding carboxylic acids is 2. The van der Waals surface area contributed by atoms with Crippen molar-refractivity contribution in [2.24, 2.45) is 5.92 Å². The third-order valence-electron chi connectivity index (χ3n) is 5.21. The van der Waals surface area contributed by atoms with Crippen LogP contribution in [0.4, 0.5) is 0 Å². The molecule has 134 valence electrons. The highest BCUT2D eigenvalue weighted by atomic mass is 16.6. The Kier molecular flexibility index (Phi) is 4.61. The highest BCUT2D eigenvalue weighted by molar-refractivity contribution is 5.98. The van der Waals surface area contributed by atoms with Crippen LogP contribution in [-0.4, -0.2) is 55.6 Å². The Morgan fingerprint density at radius 3 is 2.44 bits per heavy atom. The second-order valence-corrected chi connectivity index (χ2v) is 6.82. The van der Waals surface area contributed by atoms with Crippen molar-refractivity contribution >= 4 is 11.7 Å². The Morgan fingerprint density at radius 2 is 1.72 bits per heavy atom. The SMILES string of the molecule is O=C(c1ccc2c(c1)OCCO2)C1CCN(C(=O)[C@H]2CCCO2)CC1. The van der Waals surface area contributed by atoms with Gasteiger partial charge in [0.2, 0.25) is 0 Å². The average Bonchev–Trinajstić information content (AvgIpc) is 3.21. The highest BCUT2D eigenvalue weighted by Gasteiger charge is 2.33. The minimum absolute atomic E-state index is 0.0453. The fraction of sp³-hybridized carbons (Fsp3) is 0.579. The van der Waals surface area contributed by atoms with Crippen LogP contribution in [0.3, 0.4) is 0 Å². The number of amides is 1. The third-order valence-corrected chi connectivity index (χ3v) is 5.21. The molecule has 0 spiro atoms. The van der Waals surface area contributed by atoms with Gasteiger partial charge in [-0.25, -0.2) is 0 Å². The van der Waals surface area contributed by atoms with Crippen molar-refractivity contribution in [2.45, 2.75) is 31.8 Å². The molecule has 1 aromatic carbocycles. The van der Waals surface area contributed by atoms with Gasteiger partial charge in [-0.2, -0.15) is 0 Å². The lowest BCUT2D eigenvalue weighted by Gasteiger charge is -2.32. The number of fused-ring (bicyclic) bond motifs is 1. The molecule has 0 aromatic heterocycles. The summed E-state index contributed by atoms with van der Waals surface area (Å²) in [6, 6.07) is 5.39. The molecule has 3 aliphatic rings. The minimum Gasteiger partial charge on any atom is -0.486 e. The van der Waals surface area contributed by atoms with E-state index in [4.69, 9.17) is 14.2 Å². The van der Waals surface area contributed by atoms with Crippen molar-refractivity contribution in [2.75, 3.05) is 32.9 Å². The van der Waals surface area contributed by atoms with Crippen LogP contribution in [0.1, 0.15) is 36.0 Å². The van der Waals surface area contributed by atoms with E-state index in [-0.39, 0.29) is 23.7 Å². The summed E-state index contributed by atoms with van der Waals surface area (Å²) in [4.78, 5) is 27.0. The molecule has 0 bridgehead atoms. The summed E-state index contributed by atoms with van der Waals surface area (Å²) >= 11 is 0. The predicted molar refractivity (Wildman–Crippen MR) is 90.0 cm³/mol. The van der Waals surface area contributed by atoms with Crippen LogP contribution in [0.2, 0.25) is 0 Å². The Morgan fingerprint density at radius 1 is 0.960 bits per heavy atom. The fourth-order valence-electron chi connectivity index (χ4n) is 3.77. The number of rotatable bonds is 3. The van der Waals surface area contributed by atoms with Crippen LogP contribution in [0, 0.1) is 5.92 Å². The van der Waals surface area contributed by atoms with Crippen LogP contribution in [0.5, 0.6) is 11.5 Å². The van der Waals surface area contributed by atoms with Gasteiger partial charge in [0.1, 0.15) is 19.3 Å². The molecule has 0 saturated carbocycles. The number of likely N-dealkylation sites (tertiary alicyclic amines) is 1. The molecule has 1 aromatic rings. The smallest absolute Gasteiger partial charge is 0.251 e. The molecule has 2 saturated heterocycles. The zero-order valence-electron chi connectivity index (χ0n) is 14.2. The largest absolute Gasteiger partial charge is 0.486 e. The van der Waals surface area contributed by atoms with E-state index in [0.717, 1.165) is 12.8 Å². The molecule has 0 aliphatic carbocycles. The van der Waals surface area contributed by atoms with Gasteiger partial charge in [-0.3, -0.25) is 9.59 Å². The molecule has 6 heteroatoms. The Hall–Kier alpha value is -2.08. The maximum absolute atomic E-state index is 12.8. The van der Waals surface area contributed by atoms with Crippen LogP contribution in [0.15, 0.2) is 18.2 Å². The molecule has 3 heterocycles. The van der Waals surface area contributed by atoms with Gasteiger partial charge in [-0.1, -0.05) is 0 Å². The molecule has 1 atom stereocenters. The van der Waals surface area contributed by atoms with E-state index in [1.165, 1.54) is 0 Å². The van der Waals surface area contributed by atoms with E-state index >= 15 is 0 Å². The van der Waals surface area contributed by atoms with Crippen molar-refractivity contribution < 1.29 is 23.8 Å². The Bertz CT molecular complexity index is 660. The molecule has 0 radical (unpaired) electrons. The number of hydrogen-bond acceptors (Lipinski definition) is 5. The highest BCUT2D eigenvalue weighted by Crippen LogP contribution is 2.32. The predicted octanol–water partition coefficient (Wildman–Crippen LogP) is 2.06. The number of benzene rings is 1. The van der Waals surface area contributed by atoms with Gasteiger partial charge in [0.05, 0.1) is 0 Å². The maximum Gasteiger partial charge on any atom is 0.251 e. The van der Waals surface area contributed by atoms with E-state index in [9.17, 15) is 9.59 Å². The monoisotopic (exact) mass is 345 g/mol. The second-order valence-electron chi connectivity index (χ2n) is 6.82. The second kappa shape index (κ2) is 7.04. The number of hydrogen-bond donors (Lipinski definition) is 0. The average molecular weight is 345 g/mol. The van der Waals surface area contributed by atoms with Crippen LogP contribution < -0.4 is 9.47 Å². The fourth-order valence-corrected chi connectivity index (χ4v) is 3.77.